The number of hydrogen-bond donors (Lipinski definition) is 0. The Kier molecular flexibility index (Phi) is 3.27. The van der Waals surface area contributed by atoms with Crippen LogP contribution in [0.3, 0.4) is 0 Å². The highest BCUT2D eigenvalue weighted by molar-refractivity contribution is 5.58. The molecule has 0 radical (unpaired) electrons. The molecule has 2 aliphatic rings. The van der Waals surface area contributed by atoms with Crippen LogP contribution in [-0.4, -0.2) is 39.2 Å². The molecule has 0 saturated carbocycles. The van der Waals surface area contributed by atoms with E-state index in [1.165, 1.54) is 0 Å². The van der Waals surface area contributed by atoms with Crippen LogP contribution >= 0.6 is 0 Å². The van der Waals surface area contributed by atoms with Crippen molar-refractivity contribution in [2.75, 3.05) is 18.0 Å². The van der Waals surface area contributed by atoms with E-state index >= 15 is 0 Å². The normalized spacial score (nSPS) is 23.1. The molecule has 1 saturated heterocycles. The van der Waals surface area contributed by atoms with Crippen molar-refractivity contribution >= 4 is 5.82 Å². The molecule has 2 atom stereocenters. The molecule has 2 aliphatic heterocycles. The van der Waals surface area contributed by atoms with Gasteiger partial charge in [0.05, 0.1) is 36.2 Å². The largest absolute Gasteiger partial charge is 0.370 e. The molecule has 0 amide bonds. The van der Waals surface area contributed by atoms with Gasteiger partial charge < -0.3 is 9.64 Å². The zero-order valence-electron chi connectivity index (χ0n) is 13.2. The average molecular weight is 310 g/mol. The van der Waals surface area contributed by atoms with Gasteiger partial charge in [0.15, 0.2) is 0 Å². The molecule has 23 heavy (non-hydrogen) atoms. The first-order chi connectivity index (χ1) is 11.2. The van der Waals surface area contributed by atoms with E-state index in [1.54, 1.807) is 6.20 Å². The van der Waals surface area contributed by atoms with E-state index in [-0.39, 0.29) is 12.1 Å². The van der Waals surface area contributed by atoms with Crippen molar-refractivity contribution in [1.82, 2.24) is 20.0 Å². The zero-order chi connectivity index (χ0) is 16.0. The van der Waals surface area contributed by atoms with Gasteiger partial charge >= 0.3 is 0 Å². The van der Waals surface area contributed by atoms with Crippen LogP contribution in [0.4, 0.5) is 5.82 Å². The second-order valence-electron chi connectivity index (χ2n) is 6.21. The van der Waals surface area contributed by atoms with Crippen LogP contribution in [0.2, 0.25) is 0 Å². The molecule has 2 aromatic heterocycles. The number of anilines is 1. The van der Waals surface area contributed by atoms with Gasteiger partial charge in [-0.3, -0.25) is 0 Å². The summed E-state index contributed by atoms with van der Waals surface area (Å²) in [5, 5.41) is 17.7. The Bertz CT molecular complexity index is 792. The number of rotatable bonds is 1. The van der Waals surface area contributed by atoms with Crippen LogP contribution in [0.15, 0.2) is 12.3 Å². The maximum Gasteiger partial charge on any atom is 0.147 e. The van der Waals surface area contributed by atoms with Crippen molar-refractivity contribution in [1.29, 1.82) is 5.26 Å². The number of nitrogens with zero attached hydrogens (tertiary/aromatic N) is 6. The Morgan fingerprint density at radius 3 is 3.09 bits per heavy atom. The van der Waals surface area contributed by atoms with Crippen LogP contribution in [0, 0.1) is 25.2 Å². The number of aromatic nitrogens is 4. The highest BCUT2D eigenvalue weighted by atomic mass is 16.5. The molecule has 0 spiro atoms. The van der Waals surface area contributed by atoms with Crippen LogP contribution < -0.4 is 4.90 Å². The standard InChI is InChI=1S/C16H18N6O/c1-10-5-11(2)19-16(13(10)6-17)21-4-3-15-14(8-21)22-12(9-23-15)7-18-20-22/h5,7,14-15H,3-4,8-9H2,1-2H3/t14-,15-/m0/s1. The predicted octanol–water partition coefficient (Wildman–Crippen LogP) is 1.51. The summed E-state index contributed by atoms with van der Waals surface area (Å²) in [5.74, 6) is 0.774. The molecule has 0 N–H and O–H groups in total. The van der Waals surface area contributed by atoms with Gasteiger partial charge in [-0.2, -0.15) is 5.26 Å². The maximum atomic E-state index is 9.51. The first-order valence-corrected chi connectivity index (χ1v) is 7.81. The van der Waals surface area contributed by atoms with Gasteiger partial charge in [0.2, 0.25) is 0 Å². The van der Waals surface area contributed by atoms with Gasteiger partial charge in [0.1, 0.15) is 11.9 Å². The molecule has 1 fully saturated rings. The number of aryl methyl sites for hydroxylation is 2. The minimum atomic E-state index is 0.115. The van der Waals surface area contributed by atoms with E-state index in [4.69, 9.17) is 4.74 Å². The number of piperidine rings is 1. The first kappa shape index (κ1) is 14.2. The second-order valence-corrected chi connectivity index (χ2v) is 6.21. The van der Waals surface area contributed by atoms with Crippen LogP contribution in [-0.2, 0) is 11.3 Å². The lowest BCUT2D eigenvalue weighted by atomic mass is 9.99. The van der Waals surface area contributed by atoms with Crippen molar-refractivity contribution in [2.24, 2.45) is 0 Å². The molecule has 4 rings (SSSR count). The Morgan fingerprint density at radius 1 is 1.39 bits per heavy atom. The van der Waals surface area contributed by atoms with Gasteiger partial charge in [-0.05, 0) is 31.9 Å². The van der Waals surface area contributed by atoms with Crippen molar-refractivity contribution in [3.05, 3.63) is 34.8 Å². The Hall–Kier alpha value is -2.46. The lowest BCUT2D eigenvalue weighted by Gasteiger charge is -2.41. The SMILES string of the molecule is Cc1cc(C)c(C#N)c(N2CC[C@@H]3OCc4cnnn4[C@H]3C2)n1. The fourth-order valence-electron chi connectivity index (χ4n) is 3.56. The summed E-state index contributed by atoms with van der Waals surface area (Å²) in [7, 11) is 0. The third kappa shape index (κ3) is 2.26. The Morgan fingerprint density at radius 2 is 2.26 bits per heavy atom. The molecule has 118 valence electrons. The predicted molar refractivity (Wildman–Crippen MR) is 82.9 cm³/mol. The summed E-state index contributed by atoms with van der Waals surface area (Å²) in [6, 6.07) is 4.37. The fraction of sp³-hybridized carbons (Fsp3) is 0.500. The lowest BCUT2D eigenvalue weighted by molar-refractivity contribution is -0.0373. The van der Waals surface area contributed by atoms with E-state index in [1.807, 2.05) is 24.6 Å². The molecule has 4 heterocycles. The number of fused-ring (bicyclic) bond motifs is 3. The molecule has 7 nitrogen and oxygen atoms in total. The summed E-state index contributed by atoms with van der Waals surface area (Å²) in [4.78, 5) is 6.81. The van der Waals surface area contributed by atoms with E-state index in [0.29, 0.717) is 12.2 Å². The molecule has 0 aliphatic carbocycles. The smallest absolute Gasteiger partial charge is 0.147 e. The van der Waals surface area contributed by atoms with Crippen molar-refractivity contribution < 1.29 is 4.74 Å². The number of pyridine rings is 1. The monoisotopic (exact) mass is 310 g/mol. The molecule has 0 bridgehead atoms. The highest BCUT2D eigenvalue weighted by Crippen LogP contribution is 2.33. The van der Waals surface area contributed by atoms with Gasteiger partial charge in [0.25, 0.3) is 0 Å². The first-order valence-electron chi connectivity index (χ1n) is 7.81. The summed E-state index contributed by atoms with van der Waals surface area (Å²) in [6.07, 6.45) is 2.80. The average Bonchev–Trinajstić information content (AvgIpc) is 3.02. The zero-order valence-corrected chi connectivity index (χ0v) is 13.2. The molecule has 7 heteroatoms. The van der Waals surface area contributed by atoms with Crippen molar-refractivity contribution in [3.63, 3.8) is 0 Å². The topological polar surface area (TPSA) is 79.9 Å². The Balaban J connectivity index is 1.70. The quantitative estimate of drug-likeness (QED) is 0.794. The third-order valence-electron chi connectivity index (χ3n) is 4.67. The van der Waals surface area contributed by atoms with Crippen LogP contribution in [0.1, 0.15) is 35.0 Å². The van der Waals surface area contributed by atoms with Crippen molar-refractivity contribution in [3.8, 4) is 6.07 Å². The Labute approximate surface area is 134 Å². The summed E-state index contributed by atoms with van der Waals surface area (Å²) in [6.45, 7) is 6.05. The van der Waals surface area contributed by atoms with Crippen LogP contribution in [0.25, 0.3) is 0 Å². The summed E-state index contributed by atoms with van der Waals surface area (Å²) in [5.41, 5.74) is 3.56. The molecule has 2 aromatic rings. The third-order valence-corrected chi connectivity index (χ3v) is 4.67. The number of nitriles is 1. The summed E-state index contributed by atoms with van der Waals surface area (Å²) >= 11 is 0. The van der Waals surface area contributed by atoms with Gasteiger partial charge in [-0.1, -0.05) is 5.21 Å². The number of hydrogen-bond acceptors (Lipinski definition) is 6. The molecular formula is C16H18N6O. The minimum Gasteiger partial charge on any atom is -0.370 e. The van der Waals surface area contributed by atoms with Gasteiger partial charge in [-0.15, -0.1) is 5.10 Å². The van der Waals surface area contributed by atoms with E-state index in [9.17, 15) is 5.26 Å². The molecular weight excluding hydrogens is 292 g/mol. The minimum absolute atomic E-state index is 0.115. The second kappa shape index (κ2) is 5.32. The highest BCUT2D eigenvalue weighted by Gasteiger charge is 2.37. The van der Waals surface area contributed by atoms with E-state index in [0.717, 1.165) is 42.3 Å². The van der Waals surface area contributed by atoms with Crippen molar-refractivity contribution in [2.45, 2.75) is 39.0 Å². The van der Waals surface area contributed by atoms with Crippen LogP contribution in [0.5, 0.6) is 0 Å². The number of ether oxygens (including phenoxy) is 1. The molecule has 0 unspecified atom stereocenters. The lowest BCUT2D eigenvalue weighted by Crippen LogP contribution is -2.48. The van der Waals surface area contributed by atoms with Gasteiger partial charge in [0, 0.05) is 18.8 Å². The molecule has 0 aromatic carbocycles. The summed E-state index contributed by atoms with van der Waals surface area (Å²) < 4.78 is 7.91. The van der Waals surface area contributed by atoms with E-state index in [2.05, 4.69) is 26.3 Å². The van der Waals surface area contributed by atoms with E-state index < -0.39 is 0 Å². The fourth-order valence-corrected chi connectivity index (χ4v) is 3.56. The van der Waals surface area contributed by atoms with Gasteiger partial charge in [-0.25, -0.2) is 9.67 Å². The maximum absolute atomic E-state index is 9.51.